The van der Waals surface area contributed by atoms with Crippen molar-refractivity contribution in [1.82, 2.24) is 0 Å². The summed E-state index contributed by atoms with van der Waals surface area (Å²) >= 11 is 0. The second-order valence-electron chi connectivity index (χ2n) is 5.89. The number of nitro groups is 1. The standard InChI is InChI=1S/C18H17N3O8/c19-14(17(23)24)15(18(25)26)29-9-10-2-1-3-12(8-10)20-16(22)11-4-6-13(7-5-11)21(27)28/h1-8,14-15H,9,19H2,(H,20,22)(H,23,24)(H,25,26)/t14-,15-/m0/s1. The summed E-state index contributed by atoms with van der Waals surface area (Å²) in [6, 6.07) is 9.55. The summed E-state index contributed by atoms with van der Waals surface area (Å²) in [4.78, 5) is 44.3. The number of hydrogen-bond acceptors (Lipinski definition) is 7. The summed E-state index contributed by atoms with van der Waals surface area (Å²) in [6.45, 7) is -0.251. The Bertz CT molecular complexity index is 929. The Morgan fingerprint density at radius 2 is 1.76 bits per heavy atom. The van der Waals surface area contributed by atoms with Gasteiger partial charge in [-0.2, -0.15) is 0 Å². The molecule has 152 valence electrons. The van der Waals surface area contributed by atoms with Crippen LogP contribution in [0.2, 0.25) is 0 Å². The molecular formula is C18H17N3O8. The van der Waals surface area contributed by atoms with Crippen LogP contribution in [-0.2, 0) is 20.9 Å². The van der Waals surface area contributed by atoms with Crippen LogP contribution in [0.15, 0.2) is 48.5 Å². The van der Waals surface area contributed by atoms with Gasteiger partial charge in [0.25, 0.3) is 11.6 Å². The number of hydrogen-bond donors (Lipinski definition) is 4. The molecular weight excluding hydrogens is 386 g/mol. The lowest BCUT2D eigenvalue weighted by molar-refractivity contribution is -0.384. The van der Waals surface area contributed by atoms with Gasteiger partial charge in [0, 0.05) is 23.4 Å². The molecule has 29 heavy (non-hydrogen) atoms. The predicted molar refractivity (Wildman–Crippen MR) is 99.3 cm³/mol. The van der Waals surface area contributed by atoms with Crippen molar-refractivity contribution in [3.63, 3.8) is 0 Å². The fourth-order valence-corrected chi connectivity index (χ4v) is 2.32. The van der Waals surface area contributed by atoms with E-state index in [-0.39, 0.29) is 17.9 Å². The van der Waals surface area contributed by atoms with Crippen LogP contribution in [0.25, 0.3) is 0 Å². The number of carboxylic acids is 2. The van der Waals surface area contributed by atoms with Gasteiger partial charge in [0.15, 0.2) is 6.10 Å². The van der Waals surface area contributed by atoms with Crippen LogP contribution < -0.4 is 11.1 Å². The zero-order chi connectivity index (χ0) is 21.6. The van der Waals surface area contributed by atoms with E-state index in [0.29, 0.717) is 11.3 Å². The number of nitrogens with two attached hydrogens (primary N) is 1. The average Bonchev–Trinajstić information content (AvgIpc) is 2.68. The summed E-state index contributed by atoms with van der Waals surface area (Å²) in [6.07, 6.45) is -1.74. The highest BCUT2D eigenvalue weighted by Gasteiger charge is 2.31. The number of rotatable bonds is 9. The van der Waals surface area contributed by atoms with E-state index in [0.717, 1.165) is 0 Å². The number of carbonyl (C=O) groups excluding carboxylic acids is 1. The van der Waals surface area contributed by atoms with Crippen molar-refractivity contribution < 1.29 is 34.3 Å². The van der Waals surface area contributed by atoms with Gasteiger partial charge in [0.05, 0.1) is 11.5 Å². The number of amides is 1. The molecule has 0 saturated carbocycles. The van der Waals surface area contributed by atoms with Gasteiger partial charge in [0.1, 0.15) is 6.04 Å². The first kappa shape index (κ1) is 21.5. The van der Waals surface area contributed by atoms with E-state index >= 15 is 0 Å². The SMILES string of the molecule is N[C@H](C(=O)O)[C@H](OCc1cccc(NC(=O)c2ccc([N+](=O)[O-])cc2)c1)C(=O)O. The van der Waals surface area contributed by atoms with Crippen molar-refractivity contribution in [2.24, 2.45) is 5.73 Å². The molecule has 0 unspecified atom stereocenters. The van der Waals surface area contributed by atoms with Crippen LogP contribution >= 0.6 is 0 Å². The maximum Gasteiger partial charge on any atom is 0.335 e. The lowest BCUT2D eigenvalue weighted by Gasteiger charge is -2.17. The minimum absolute atomic E-state index is 0.145. The molecule has 2 rings (SSSR count). The van der Waals surface area contributed by atoms with E-state index in [9.17, 15) is 24.5 Å². The Morgan fingerprint density at radius 1 is 1.10 bits per heavy atom. The number of carbonyl (C=O) groups is 3. The van der Waals surface area contributed by atoms with Crippen LogP contribution in [0.1, 0.15) is 15.9 Å². The molecule has 0 aliphatic rings. The number of benzene rings is 2. The van der Waals surface area contributed by atoms with Gasteiger partial charge in [0.2, 0.25) is 0 Å². The van der Waals surface area contributed by atoms with E-state index < -0.39 is 34.9 Å². The second kappa shape index (κ2) is 9.39. The van der Waals surface area contributed by atoms with Gasteiger partial charge in [-0.25, -0.2) is 4.79 Å². The number of nitro benzene ring substituents is 1. The van der Waals surface area contributed by atoms with Gasteiger partial charge in [-0.1, -0.05) is 12.1 Å². The van der Waals surface area contributed by atoms with E-state index in [2.05, 4.69) is 5.32 Å². The zero-order valence-electron chi connectivity index (χ0n) is 14.8. The topological polar surface area (TPSA) is 182 Å². The van der Waals surface area contributed by atoms with Gasteiger partial charge < -0.3 is 26.0 Å². The number of ether oxygens (including phenoxy) is 1. The number of anilines is 1. The Morgan fingerprint density at radius 3 is 2.31 bits per heavy atom. The molecule has 0 aliphatic heterocycles. The van der Waals surface area contributed by atoms with Crippen LogP contribution in [0.3, 0.4) is 0 Å². The largest absolute Gasteiger partial charge is 0.480 e. The molecule has 2 aromatic rings. The Balaban J connectivity index is 2.05. The van der Waals surface area contributed by atoms with Gasteiger partial charge in [-0.3, -0.25) is 19.7 Å². The summed E-state index contributed by atoms with van der Waals surface area (Å²) in [7, 11) is 0. The van der Waals surface area contributed by atoms with Crippen molar-refractivity contribution in [2.75, 3.05) is 5.32 Å². The summed E-state index contributed by atoms with van der Waals surface area (Å²) in [5.41, 5.74) is 6.20. The van der Waals surface area contributed by atoms with Gasteiger partial charge in [-0.05, 0) is 29.8 Å². The lowest BCUT2D eigenvalue weighted by atomic mass is 10.1. The quantitative estimate of drug-likeness (QED) is 0.353. The molecule has 0 aromatic heterocycles. The minimum Gasteiger partial charge on any atom is -0.480 e. The van der Waals surface area contributed by atoms with Crippen LogP contribution in [0.5, 0.6) is 0 Å². The Labute approximate surface area is 163 Å². The fraction of sp³-hybridized carbons (Fsp3) is 0.167. The van der Waals surface area contributed by atoms with Crippen molar-refractivity contribution in [3.8, 4) is 0 Å². The highest BCUT2D eigenvalue weighted by atomic mass is 16.6. The highest BCUT2D eigenvalue weighted by Crippen LogP contribution is 2.16. The first-order valence-electron chi connectivity index (χ1n) is 8.16. The zero-order valence-corrected chi connectivity index (χ0v) is 14.8. The van der Waals surface area contributed by atoms with Crippen molar-refractivity contribution in [3.05, 3.63) is 69.8 Å². The number of nitrogens with zero attached hydrogens (tertiary/aromatic N) is 1. The highest BCUT2D eigenvalue weighted by molar-refractivity contribution is 6.04. The third-order valence-electron chi connectivity index (χ3n) is 3.81. The summed E-state index contributed by atoms with van der Waals surface area (Å²) in [5.74, 6) is -3.53. The number of aliphatic carboxylic acids is 2. The van der Waals surface area contributed by atoms with Gasteiger partial charge >= 0.3 is 11.9 Å². The summed E-state index contributed by atoms with van der Waals surface area (Å²) in [5, 5.41) is 31.2. The van der Waals surface area contributed by atoms with Crippen molar-refractivity contribution >= 4 is 29.2 Å². The van der Waals surface area contributed by atoms with Crippen LogP contribution in [0, 0.1) is 10.1 Å². The Kier molecular flexibility index (Phi) is 6.95. The number of carboxylic acid groups (broad SMARTS) is 2. The fourth-order valence-electron chi connectivity index (χ4n) is 2.32. The van der Waals surface area contributed by atoms with E-state index in [1.165, 1.54) is 30.3 Å². The molecule has 11 heteroatoms. The van der Waals surface area contributed by atoms with E-state index in [4.69, 9.17) is 20.7 Å². The van der Waals surface area contributed by atoms with E-state index in [1.54, 1.807) is 18.2 Å². The smallest absolute Gasteiger partial charge is 0.335 e. The minimum atomic E-state index is -1.74. The molecule has 0 spiro atoms. The molecule has 0 radical (unpaired) electrons. The van der Waals surface area contributed by atoms with Gasteiger partial charge in [-0.15, -0.1) is 0 Å². The molecule has 0 fully saturated rings. The second-order valence-corrected chi connectivity index (χ2v) is 5.89. The molecule has 2 atom stereocenters. The monoisotopic (exact) mass is 403 g/mol. The third-order valence-corrected chi connectivity index (χ3v) is 3.81. The Hall–Kier alpha value is -3.83. The molecule has 11 nitrogen and oxygen atoms in total. The van der Waals surface area contributed by atoms with E-state index in [1.807, 2.05) is 0 Å². The molecule has 0 heterocycles. The first-order chi connectivity index (χ1) is 13.7. The maximum atomic E-state index is 12.3. The molecule has 2 aromatic carbocycles. The first-order valence-corrected chi connectivity index (χ1v) is 8.16. The molecule has 5 N–H and O–H groups in total. The maximum absolute atomic E-state index is 12.3. The van der Waals surface area contributed by atoms with Crippen LogP contribution in [0.4, 0.5) is 11.4 Å². The van der Waals surface area contributed by atoms with Crippen LogP contribution in [-0.4, -0.2) is 45.1 Å². The van der Waals surface area contributed by atoms with Crippen molar-refractivity contribution in [1.29, 1.82) is 0 Å². The number of non-ortho nitro benzene ring substituents is 1. The third kappa shape index (κ3) is 5.82. The normalized spacial score (nSPS) is 12.6. The summed E-state index contributed by atoms with van der Waals surface area (Å²) < 4.78 is 5.11. The number of nitrogens with one attached hydrogen (secondary N) is 1. The van der Waals surface area contributed by atoms with Crippen molar-refractivity contribution in [2.45, 2.75) is 18.8 Å². The molecule has 0 saturated heterocycles. The lowest BCUT2D eigenvalue weighted by Crippen LogP contribution is -2.47. The molecule has 0 bridgehead atoms. The molecule has 0 aliphatic carbocycles. The molecule has 1 amide bonds. The average molecular weight is 403 g/mol. The predicted octanol–water partition coefficient (Wildman–Crippen LogP) is 1.23.